The zero-order chi connectivity index (χ0) is 7.49. The van der Waals surface area contributed by atoms with Crippen LogP contribution in [0.25, 0.3) is 0 Å². The molecule has 1 atom stereocenters. The van der Waals surface area contributed by atoms with Crippen molar-refractivity contribution in [3.8, 4) is 0 Å². The maximum Gasteiger partial charge on any atom is 0.382 e. The Kier molecular flexibility index (Phi) is 4.43. The molecule has 0 aliphatic heterocycles. The van der Waals surface area contributed by atoms with Crippen LogP contribution < -0.4 is 0 Å². The second-order valence-electron chi connectivity index (χ2n) is 1.08. The minimum absolute atomic E-state index is 0.441. The lowest BCUT2D eigenvalue weighted by Crippen LogP contribution is -2.01. The Morgan fingerprint density at radius 3 is 2.22 bits per heavy atom. The Balaban J connectivity index is 3.60. The summed E-state index contributed by atoms with van der Waals surface area (Å²) in [6, 6.07) is 0. The van der Waals surface area contributed by atoms with Crippen LogP contribution in [-0.4, -0.2) is 12.2 Å². The molecule has 0 aromatic rings. The standard InChI is InChI=1S/C2H3Cl3FO2P/c3-1-2(6)8-9(4,5)7/h2H,1H2. The molecule has 7 heteroatoms. The molecule has 56 valence electrons. The molecule has 0 radical (unpaired) electrons. The molecule has 9 heavy (non-hydrogen) atoms. The summed E-state index contributed by atoms with van der Waals surface area (Å²) in [6.45, 7) is 0. The first kappa shape index (κ1) is 9.99. The highest BCUT2D eigenvalue weighted by atomic mass is 35.9. The number of rotatable bonds is 3. The van der Waals surface area contributed by atoms with Gasteiger partial charge in [0.2, 0.25) is 6.36 Å². The Labute approximate surface area is 66.3 Å². The summed E-state index contributed by atoms with van der Waals surface area (Å²) in [7, 11) is 0. The highest BCUT2D eigenvalue weighted by Gasteiger charge is 2.20. The molecule has 0 aromatic carbocycles. The molecular formula is C2H3Cl3FO2P. The molecule has 0 rings (SSSR count). The van der Waals surface area contributed by atoms with Crippen molar-refractivity contribution < 1.29 is 13.5 Å². The Morgan fingerprint density at radius 2 is 2.11 bits per heavy atom. The molecule has 0 aromatic heterocycles. The fraction of sp³-hybridized carbons (Fsp3) is 1.00. The zero-order valence-corrected chi connectivity index (χ0v) is 7.22. The maximum absolute atomic E-state index is 11.9. The summed E-state index contributed by atoms with van der Waals surface area (Å²) >= 11 is 14.5. The van der Waals surface area contributed by atoms with Gasteiger partial charge in [-0.1, -0.05) is 0 Å². The summed E-state index contributed by atoms with van der Waals surface area (Å²) < 4.78 is 26.0. The highest BCUT2D eigenvalue weighted by Crippen LogP contribution is 2.58. The lowest BCUT2D eigenvalue weighted by atomic mass is 10.8. The van der Waals surface area contributed by atoms with E-state index < -0.39 is 18.3 Å². The van der Waals surface area contributed by atoms with E-state index in [0.717, 1.165) is 0 Å². The molecule has 0 saturated heterocycles. The summed E-state index contributed by atoms with van der Waals surface area (Å²) in [4.78, 5) is 0. The van der Waals surface area contributed by atoms with Gasteiger partial charge in [0.05, 0.1) is 5.88 Å². The molecule has 0 N–H and O–H groups in total. The maximum atomic E-state index is 11.9. The molecule has 0 fully saturated rings. The Bertz CT molecular complexity index is 125. The molecule has 0 aliphatic carbocycles. The van der Waals surface area contributed by atoms with Crippen LogP contribution in [-0.2, 0) is 9.09 Å². The predicted octanol–water partition coefficient (Wildman–Crippen LogP) is 3.12. The van der Waals surface area contributed by atoms with Gasteiger partial charge in [-0.25, -0.2) is 4.39 Å². The van der Waals surface area contributed by atoms with Crippen LogP contribution in [0.5, 0.6) is 0 Å². The van der Waals surface area contributed by atoms with Crippen molar-refractivity contribution in [1.29, 1.82) is 0 Å². The predicted molar refractivity (Wildman–Crippen MR) is 36.0 cm³/mol. The van der Waals surface area contributed by atoms with Gasteiger partial charge in [-0.2, -0.15) is 0 Å². The molecule has 2 nitrogen and oxygen atoms in total. The van der Waals surface area contributed by atoms with E-state index in [1.165, 1.54) is 0 Å². The van der Waals surface area contributed by atoms with Crippen molar-refractivity contribution in [2.45, 2.75) is 6.36 Å². The Hall–Kier alpha value is 0.990. The van der Waals surface area contributed by atoms with Gasteiger partial charge in [-0.05, 0) is 22.5 Å². The van der Waals surface area contributed by atoms with Gasteiger partial charge < -0.3 is 0 Å². The number of hydrogen-bond donors (Lipinski definition) is 0. The fourth-order valence-electron chi connectivity index (χ4n) is 0.161. The third kappa shape index (κ3) is 6.88. The fourth-order valence-corrected chi connectivity index (χ4v) is 1.17. The molecule has 0 amide bonds. The quantitative estimate of drug-likeness (QED) is 0.534. The van der Waals surface area contributed by atoms with E-state index in [1.54, 1.807) is 0 Å². The van der Waals surface area contributed by atoms with Gasteiger partial charge in [0.25, 0.3) is 0 Å². The van der Waals surface area contributed by atoms with Gasteiger partial charge in [-0.15, -0.1) is 11.6 Å². The van der Waals surface area contributed by atoms with Crippen molar-refractivity contribution in [1.82, 2.24) is 0 Å². The van der Waals surface area contributed by atoms with Crippen molar-refractivity contribution in [3.05, 3.63) is 0 Å². The molecule has 0 spiro atoms. The van der Waals surface area contributed by atoms with Gasteiger partial charge in [0.1, 0.15) is 0 Å². The number of alkyl halides is 2. The van der Waals surface area contributed by atoms with Gasteiger partial charge in [-0.3, -0.25) is 9.09 Å². The SMILES string of the molecule is O=P(Cl)(Cl)OC(F)CCl. The van der Waals surface area contributed by atoms with Crippen molar-refractivity contribution in [3.63, 3.8) is 0 Å². The molecule has 0 aliphatic rings. The van der Waals surface area contributed by atoms with Crippen LogP contribution in [0.3, 0.4) is 0 Å². The lowest BCUT2D eigenvalue weighted by Gasteiger charge is -2.04. The minimum atomic E-state index is -3.75. The van der Waals surface area contributed by atoms with Crippen LogP contribution >= 0.6 is 40.2 Å². The minimum Gasteiger partial charge on any atom is -0.270 e. The smallest absolute Gasteiger partial charge is 0.270 e. The van der Waals surface area contributed by atoms with E-state index in [4.69, 9.17) is 34.1 Å². The number of halogens is 4. The summed E-state index contributed by atoms with van der Waals surface area (Å²) in [6.07, 6.45) is -5.62. The van der Waals surface area contributed by atoms with E-state index in [0.29, 0.717) is 0 Å². The van der Waals surface area contributed by atoms with Crippen LogP contribution in [0.15, 0.2) is 0 Å². The van der Waals surface area contributed by atoms with Gasteiger partial charge in [0.15, 0.2) is 0 Å². The largest absolute Gasteiger partial charge is 0.382 e. The normalized spacial score (nSPS) is 15.6. The number of hydrogen-bond acceptors (Lipinski definition) is 2. The Morgan fingerprint density at radius 1 is 1.67 bits per heavy atom. The summed E-state index contributed by atoms with van der Waals surface area (Å²) in [5, 5.41) is 0. The van der Waals surface area contributed by atoms with Crippen LogP contribution in [0, 0.1) is 0 Å². The van der Waals surface area contributed by atoms with E-state index in [1.807, 2.05) is 0 Å². The van der Waals surface area contributed by atoms with Crippen LogP contribution in [0.4, 0.5) is 4.39 Å². The van der Waals surface area contributed by atoms with Crippen LogP contribution in [0.1, 0.15) is 0 Å². The van der Waals surface area contributed by atoms with Gasteiger partial charge >= 0.3 is 6.07 Å². The first-order chi connectivity index (χ1) is 3.95. The summed E-state index contributed by atoms with van der Waals surface area (Å²) in [5.41, 5.74) is 0. The third-order valence-corrected chi connectivity index (χ3v) is 1.55. The molecule has 0 saturated carbocycles. The van der Waals surface area contributed by atoms with Crippen molar-refractivity contribution >= 4 is 40.2 Å². The van der Waals surface area contributed by atoms with E-state index in [2.05, 4.69) is 4.52 Å². The molecule has 0 heterocycles. The van der Waals surface area contributed by atoms with E-state index in [9.17, 15) is 8.96 Å². The molecular weight excluding hydrogens is 212 g/mol. The average Bonchev–Trinajstić information content (AvgIpc) is 1.62. The highest BCUT2D eigenvalue weighted by molar-refractivity contribution is 8.05. The van der Waals surface area contributed by atoms with Gasteiger partial charge in [0, 0.05) is 0 Å². The first-order valence-electron chi connectivity index (χ1n) is 1.83. The zero-order valence-electron chi connectivity index (χ0n) is 4.06. The summed E-state index contributed by atoms with van der Waals surface area (Å²) in [5.74, 6) is -0.441. The second kappa shape index (κ2) is 3.99. The first-order valence-corrected chi connectivity index (χ1v) is 5.80. The second-order valence-corrected chi connectivity index (χ2v) is 5.62. The van der Waals surface area contributed by atoms with Crippen molar-refractivity contribution in [2.24, 2.45) is 0 Å². The third-order valence-electron chi connectivity index (χ3n) is 0.358. The lowest BCUT2D eigenvalue weighted by molar-refractivity contribution is 0.100. The van der Waals surface area contributed by atoms with Crippen LogP contribution in [0.2, 0.25) is 0 Å². The topological polar surface area (TPSA) is 26.3 Å². The molecule has 1 unspecified atom stereocenters. The monoisotopic (exact) mass is 214 g/mol. The molecule has 0 bridgehead atoms. The van der Waals surface area contributed by atoms with E-state index in [-0.39, 0.29) is 0 Å². The van der Waals surface area contributed by atoms with Crippen molar-refractivity contribution in [2.75, 3.05) is 5.88 Å². The van der Waals surface area contributed by atoms with E-state index >= 15 is 0 Å². The average molecular weight is 215 g/mol.